The van der Waals surface area contributed by atoms with Crippen LogP contribution < -0.4 is 16.0 Å². The molecule has 0 radical (unpaired) electrons. The van der Waals surface area contributed by atoms with E-state index >= 15 is 4.39 Å². The van der Waals surface area contributed by atoms with Crippen LogP contribution in [0, 0.1) is 23.3 Å². The molecule has 0 saturated heterocycles. The topological polar surface area (TPSA) is 140 Å². The third kappa shape index (κ3) is 6.09. The number of aromatic nitrogens is 2. The van der Waals surface area contributed by atoms with Crippen LogP contribution in [0.3, 0.4) is 0 Å². The zero-order chi connectivity index (χ0) is 30.0. The molecular formula is C30H29F2N6O3S-. The van der Waals surface area contributed by atoms with Crippen LogP contribution in [0.15, 0.2) is 71.8 Å². The second-order valence-corrected chi connectivity index (χ2v) is 11.3. The molecule has 12 heteroatoms. The van der Waals surface area contributed by atoms with Gasteiger partial charge in [0, 0.05) is 29.1 Å². The second-order valence-electron chi connectivity index (χ2n) is 10.3. The lowest BCUT2D eigenvalue weighted by atomic mass is 9.92. The van der Waals surface area contributed by atoms with E-state index < -0.39 is 33.6 Å². The van der Waals surface area contributed by atoms with Crippen molar-refractivity contribution < 1.29 is 22.9 Å². The first kappa shape index (κ1) is 29.1. The maximum atomic E-state index is 15.3. The van der Waals surface area contributed by atoms with Gasteiger partial charge in [-0.15, -0.1) is 0 Å². The lowest BCUT2D eigenvalue weighted by molar-refractivity contribution is -0.118. The number of anilines is 4. The molecule has 1 atom stereocenters. The van der Waals surface area contributed by atoms with E-state index in [9.17, 15) is 18.5 Å². The molecule has 5 N–H and O–H groups in total. The average molecular weight is 592 g/mol. The zero-order valence-electron chi connectivity index (χ0n) is 22.9. The number of aliphatic hydroxyl groups is 1. The fourth-order valence-electron chi connectivity index (χ4n) is 4.61. The summed E-state index contributed by atoms with van der Waals surface area (Å²) >= 11 is 0. The number of aliphatic hydroxyl groups excluding tert-OH is 1. The number of amides is 1. The van der Waals surface area contributed by atoms with Crippen molar-refractivity contribution in [3.63, 3.8) is 0 Å². The summed E-state index contributed by atoms with van der Waals surface area (Å²) in [5.74, 6) is -1.05. The number of benzene rings is 3. The van der Waals surface area contributed by atoms with Crippen molar-refractivity contribution in [2.75, 3.05) is 22.6 Å². The van der Waals surface area contributed by atoms with Gasteiger partial charge < -0.3 is 30.0 Å². The van der Waals surface area contributed by atoms with Crippen molar-refractivity contribution in [3.8, 4) is 11.1 Å². The van der Waals surface area contributed by atoms with Gasteiger partial charge in [0.1, 0.15) is 17.5 Å². The van der Waals surface area contributed by atoms with Crippen LogP contribution >= 0.6 is 0 Å². The van der Waals surface area contributed by atoms with E-state index in [1.165, 1.54) is 24.4 Å². The summed E-state index contributed by atoms with van der Waals surface area (Å²) in [5.41, 5.74) is 1.59. The summed E-state index contributed by atoms with van der Waals surface area (Å²) in [6.07, 6.45) is 2.45. The van der Waals surface area contributed by atoms with Crippen molar-refractivity contribution in [1.29, 1.82) is 4.78 Å². The molecule has 1 heterocycles. The molecule has 0 bridgehead atoms. The summed E-state index contributed by atoms with van der Waals surface area (Å²) in [5, 5.41) is 18.4. The van der Waals surface area contributed by atoms with E-state index in [2.05, 4.69) is 25.9 Å². The number of rotatable bonds is 10. The Morgan fingerprint density at radius 1 is 1.10 bits per heavy atom. The van der Waals surface area contributed by atoms with Gasteiger partial charge in [-0.2, -0.15) is 15.6 Å². The monoisotopic (exact) mass is 591 g/mol. The Morgan fingerprint density at radius 2 is 1.83 bits per heavy atom. The van der Waals surface area contributed by atoms with Crippen LogP contribution in [-0.2, 0) is 25.0 Å². The number of aryl methyl sites for hydroxylation is 1. The number of halogens is 2. The standard InChI is InChI=1S/C30H29F2N6O3S/c1-17-3-9-24(31)23(13-17)30(11-12-30)28(40)37-26-10-4-19(14-25(26)32)22-15-34-29(38-27(22)35-18(2)16-39)36-20-5-7-21(8-6-20)42(33)41/h3-10,13-15,18,33,39H,11-12,16H2,1-2H3,(H,37,40)(H2,34,35,36,38)/q-1. The molecule has 0 aliphatic heterocycles. The molecule has 1 unspecified atom stereocenters. The van der Waals surface area contributed by atoms with Gasteiger partial charge in [-0.25, -0.2) is 13.8 Å². The molecule has 1 saturated carbocycles. The average Bonchev–Trinajstić information content (AvgIpc) is 3.78. The van der Waals surface area contributed by atoms with Crippen LogP contribution in [0.1, 0.15) is 30.9 Å². The molecule has 42 heavy (non-hydrogen) atoms. The predicted octanol–water partition coefficient (Wildman–Crippen LogP) is 6.02. The van der Waals surface area contributed by atoms with E-state index in [-0.39, 0.29) is 24.3 Å². The fourth-order valence-corrected chi connectivity index (χ4v) is 4.99. The van der Waals surface area contributed by atoms with Gasteiger partial charge in [0.05, 0.1) is 17.7 Å². The van der Waals surface area contributed by atoms with Gasteiger partial charge in [0.25, 0.3) is 0 Å². The number of nitrogens with one attached hydrogen (secondary N) is 4. The fraction of sp³-hybridized carbons (Fsp3) is 0.233. The number of hydrogen-bond acceptors (Lipinski definition) is 9. The first-order chi connectivity index (χ1) is 20.1. The van der Waals surface area contributed by atoms with Crippen LogP contribution in [0.5, 0.6) is 0 Å². The summed E-state index contributed by atoms with van der Waals surface area (Å²) < 4.78 is 48.5. The molecule has 1 amide bonds. The smallest absolute Gasteiger partial charge is 0.235 e. The molecule has 4 aromatic rings. The van der Waals surface area contributed by atoms with Gasteiger partial charge in [-0.05, 0) is 62.6 Å². The SMILES string of the molecule is Cc1ccc(F)c(C2(C(=O)Nc3ccc(-c4cnc(Nc5ccc([S-](=N)=O)cc5)nc4NC(C)CO)cc3F)CC2)c1. The Balaban J connectivity index is 1.39. The minimum atomic E-state index is -1.85. The molecule has 1 aromatic heterocycles. The summed E-state index contributed by atoms with van der Waals surface area (Å²) in [4.78, 5) is 22.4. The number of nitrogens with zero attached hydrogens (tertiary/aromatic N) is 2. The predicted molar refractivity (Wildman–Crippen MR) is 157 cm³/mol. The highest BCUT2D eigenvalue weighted by Crippen LogP contribution is 2.50. The maximum Gasteiger partial charge on any atom is 0.235 e. The molecule has 3 aromatic carbocycles. The quantitative estimate of drug-likeness (QED) is 0.142. The third-order valence-electron chi connectivity index (χ3n) is 7.12. The maximum absolute atomic E-state index is 15.3. The molecule has 1 aliphatic carbocycles. The van der Waals surface area contributed by atoms with E-state index in [1.54, 1.807) is 49.4 Å². The third-order valence-corrected chi connectivity index (χ3v) is 7.82. The van der Waals surface area contributed by atoms with Crippen LogP contribution in [-0.4, -0.2) is 33.6 Å². The zero-order valence-corrected chi connectivity index (χ0v) is 23.7. The molecular weight excluding hydrogens is 562 g/mol. The highest BCUT2D eigenvalue weighted by atomic mass is 32.2. The van der Waals surface area contributed by atoms with E-state index in [4.69, 9.17) is 4.78 Å². The summed E-state index contributed by atoms with van der Waals surface area (Å²) in [6.45, 7) is 3.40. The van der Waals surface area contributed by atoms with E-state index in [0.29, 0.717) is 45.9 Å². The second kappa shape index (κ2) is 11.8. The number of hydrogen-bond donors (Lipinski definition) is 5. The Bertz CT molecular complexity index is 1720. The van der Waals surface area contributed by atoms with Gasteiger partial charge >= 0.3 is 0 Å². The summed E-state index contributed by atoms with van der Waals surface area (Å²) in [7, 11) is -1.85. The lowest BCUT2D eigenvalue weighted by Gasteiger charge is -2.19. The molecule has 1 fully saturated rings. The minimum absolute atomic E-state index is 0.0300. The van der Waals surface area contributed by atoms with Gasteiger partial charge in [0.2, 0.25) is 11.9 Å². The Morgan fingerprint density at radius 3 is 2.48 bits per heavy atom. The van der Waals surface area contributed by atoms with Gasteiger partial charge in [-0.1, -0.05) is 40.8 Å². The van der Waals surface area contributed by atoms with Gasteiger partial charge in [0.15, 0.2) is 0 Å². The first-order valence-corrected chi connectivity index (χ1v) is 14.4. The largest absolute Gasteiger partial charge is 0.440 e. The summed E-state index contributed by atoms with van der Waals surface area (Å²) in [6, 6.07) is 15.0. The highest BCUT2D eigenvalue weighted by Gasteiger charge is 2.53. The molecule has 9 nitrogen and oxygen atoms in total. The van der Waals surface area contributed by atoms with Crippen molar-refractivity contribution in [2.24, 2.45) is 0 Å². The lowest BCUT2D eigenvalue weighted by Crippen LogP contribution is -2.29. The molecule has 218 valence electrons. The van der Waals surface area contributed by atoms with Gasteiger partial charge in [-0.3, -0.25) is 4.79 Å². The van der Waals surface area contributed by atoms with Crippen molar-refractivity contribution in [3.05, 3.63) is 89.6 Å². The minimum Gasteiger partial charge on any atom is -0.440 e. The molecule has 0 spiro atoms. The van der Waals surface area contributed by atoms with E-state index in [0.717, 1.165) is 5.56 Å². The molecule has 5 rings (SSSR count). The highest BCUT2D eigenvalue weighted by molar-refractivity contribution is 7.73. The number of carbonyl (C=O) groups excluding carboxylic acids is 1. The first-order valence-electron chi connectivity index (χ1n) is 13.2. The Labute approximate surface area is 243 Å². The van der Waals surface area contributed by atoms with E-state index in [1.807, 2.05) is 6.92 Å². The van der Waals surface area contributed by atoms with Crippen molar-refractivity contribution >= 4 is 39.6 Å². The normalized spacial score (nSPS) is 14.3. The van der Waals surface area contributed by atoms with Crippen molar-refractivity contribution in [2.45, 2.75) is 43.0 Å². The molecule has 1 aliphatic rings. The van der Waals surface area contributed by atoms with Crippen molar-refractivity contribution in [1.82, 2.24) is 9.97 Å². The number of carbonyl (C=O) groups is 1. The Kier molecular flexibility index (Phi) is 8.19. The Hall–Kier alpha value is -4.42. The van der Waals surface area contributed by atoms with Crippen LogP contribution in [0.2, 0.25) is 0 Å². The van der Waals surface area contributed by atoms with Crippen LogP contribution in [0.25, 0.3) is 11.1 Å². The van der Waals surface area contributed by atoms with Crippen LogP contribution in [0.4, 0.5) is 31.9 Å².